The van der Waals surface area contributed by atoms with Gasteiger partial charge in [0.1, 0.15) is 5.75 Å². The smallest absolute Gasteiger partial charge is 0.265 e. The molecule has 23 heavy (non-hydrogen) atoms. The van der Waals surface area contributed by atoms with Crippen molar-refractivity contribution in [1.29, 1.82) is 0 Å². The highest BCUT2D eigenvalue weighted by Gasteiger charge is 2.25. The van der Waals surface area contributed by atoms with Gasteiger partial charge >= 0.3 is 0 Å². The molecule has 128 valence electrons. The molecule has 8 heteroatoms. The van der Waals surface area contributed by atoms with E-state index in [1.165, 1.54) is 12.1 Å². The van der Waals surface area contributed by atoms with E-state index in [4.69, 9.17) is 9.47 Å². The molecular formula is C15H22N2O5S. The zero-order chi connectivity index (χ0) is 17.0. The van der Waals surface area contributed by atoms with E-state index in [9.17, 15) is 13.2 Å². The van der Waals surface area contributed by atoms with Crippen LogP contribution in [0.25, 0.3) is 0 Å². The number of rotatable bonds is 7. The Morgan fingerprint density at radius 1 is 1.39 bits per heavy atom. The van der Waals surface area contributed by atoms with Gasteiger partial charge in [-0.2, -0.15) is 0 Å². The Kier molecular flexibility index (Phi) is 5.61. The summed E-state index contributed by atoms with van der Waals surface area (Å²) in [5.74, 6) is 0.159. The first-order chi connectivity index (χ1) is 10.8. The topological polar surface area (TPSA) is 93.7 Å². The van der Waals surface area contributed by atoms with Gasteiger partial charge in [0, 0.05) is 13.2 Å². The minimum atomic E-state index is -3.64. The standard InChI is InChI=1S/C15H22N2O5S/c1-10(2)21-8-4-7-16-23(19,20)12-5-6-14-13(9-12)17-15(18)11(3)22-14/h5-6,9-11,16H,4,7-8H2,1-3H3,(H,17,18)/t11-/m1/s1. The molecule has 7 nitrogen and oxygen atoms in total. The van der Waals surface area contributed by atoms with Crippen molar-refractivity contribution in [3.8, 4) is 5.75 Å². The molecule has 0 saturated carbocycles. The lowest BCUT2D eigenvalue weighted by Gasteiger charge is -2.23. The molecule has 0 unspecified atom stereocenters. The van der Waals surface area contributed by atoms with E-state index in [2.05, 4.69) is 10.0 Å². The van der Waals surface area contributed by atoms with E-state index in [1.807, 2.05) is 13.8 Å². The summed E-state index contributed by atoms with van der Waals surface area (Å²) in [4.78, 5) is 11.7. The molecule has 2 N–H and O–H groups in total. The minimum absolute atomic E-state index is 0.0829. The molecule has 1 aromatic carbocycles. The number of carbonyl (C=O) groups is 1. The monoisotopic (exact) mass is 342 g/mol. The predicted octanol–water partition coefficient (Wildman–Crippen LogP) is 1.50. The van der Waals surface area contributed by atoms with Crippen molar-refractivity contribution in [1.82, 2.24) is 4.72 Å². The fourth-order valence-corrected chi connectivity index (χ4v) is 3.14. The van der Waals surface area contributed by atoms with Gasteiger partial charge in [0.2, 0.25) is 10.0 Å². The second-order valence-electron chi connectivity index (χ2n) is 5.58. The Hall–Kier alpha value is -1.64. The third kappa shape index (κ3) is 4.66. The summed E-state index contributed by atoms with van der Waals surface area (Å²) in [6.45, 7) is 6.25. The summed E-state index contributed by atoms with van der Waals surface area (Å²) < 4.78 is 37.8. The molecule has 0 aromatic heterocycles. The number of anilines is 1. The van der Waals surface area contributed by atoms with Crippen LogP contribution in [0.2, 0.25) is 0 Å². The fourth-order valence-electron chi connectivity index (χ4n) is 2.04. The van der Waals surface area contributed by atoms with Crippen LogP contribution in [-0.4, -0.2) is 39.7 Å². The molecule has 1 atom stereocenters. The number of nitrogens with one attached hydrogen (secondary N) is 2. The highest BCUT2D eigenvalue weighted by atomic mass is 32.2. The normalized spacial score (nSPS) is 17.6. The molecule has 0 saturated heterocycles. The molecule has 2 rings (SSSR count). The van der Waals surface area contributed by atoms with Gasteiger partial charge < -0.3 is 14.8 Å². The van der Waals surface area contributed by atoms with Crippen molar-refractivity contribution in [2.75, 3.05) is 18.5 Å². The molecule has 0 bridgehead atoms. The molecule has 0 radical (unpaired) electrons. The molecule has 1 aliphatic heterocycles. The van der Waals surface area contributed by atoms with Crippen LogP contribution in [-0.2, 0) is 19.6 Å². The zero-order valence-corrected chi connectivity index (χ0v) is 14.3. The van der Waals surface area contributed by atoms with Crippen LogP contribution in [0.4, 0.5) is 5.69 Å². The van der Waals surface area contributed by atoms with Crippen LogP contribution in [0, 0.1) is 0 Å². The number of carbonyl (C=O) groups excluding carboxylic acids is 1. The number of sulfonamides is 1. The number of fused-ring (bicyclic) bond motifs is 1. The average molecular weight is 342 g/mol. The van der Waals surface area contributed by atoms with Crippen molar-refractivity contribution in [3.05, 3.63) is 18.2 Å². The van der Waals surface area contributed by atoms with Crippen molar-refractivity contribution in [2.45, 2.75) is 44.3 Å². The lowest BCUT2D eigenvalue weighted by atomic mass is 10.2. The first kappa shape index (κ1) is 17.7. The van der Waals surface area contributed by atoms with Gasteiger partial charge in [0.25, 0.3) is 5.91 Å². The van der Waals surface area contributed by atoms with Crippen LogP contribution in [0.15, 0.2) is 23.1 Å². The molecule has 1 heterocycles. The summed E-state index contributed by atoms with van der Waals surface area (Å²) in [6.07, 6.45) is 0.113. The minimum Gasteiger partial charge on any atom is -0.479 e. The number of ether oxygens (including phenoxy) is 2. The van der Waals surface area contributed by atoms with Crippen LogP contribution in [0.1, 0.15) is 27.2 Å². The van der Waals surface area contributed by atoms with Gasteiger partial charge in [-0.15, -0.1) is 0 Å². The van der Waals surface area contributed by atoms with E-state index < -0.39 is 16.1 Å². The Labute approximate surface area is 136 Å². The van der Waals surface area contributed by atoms with E-state index in [-0.39, 0.29) is 23.5 Å². The van der Waals surface area contributed by atoms with E-state index >= 15 is 0 Å². The van der Waals surface area contributed by atoms with Crippen molar-refractivity contribution < 1.29 is 22.7 Å². The van der Waals surface area contributed by atoms with Crippen molar-refractivity contribution >= 4 is 21.6 Å². The SMILES string of the molecule is CC(C)OCCCNS(=O)(=O)c1ccc2c(c1)NC(=O)[C@@H](C)O2. The lowest BCUT2D eigenvalue weighted by Crippen LogP contribution is -2.34. The number of benzene rings is 1. The van der Waals surface area contributed by atoms with Crippen LogP contribution >= 0.6 is 0 Å². The quantitative estimate of drug-likeness (QED) is 0.733. The molecule has 0 aliphatic carbocycles. The molecular weight excluding hydrogens is 320 g/mol. The highest BCUT2D eigenvalue weighted by Crippen LogP contribution is 2.31. The van der Waals surface area contributed by atoms with Gasteiger partial charge in [0.05, 0.1) is 16.7 Å². The summed E-state index contributed by atoms with van der Waals surface area (Å²) in [6, 6.07) is 4.39. The Balaban J connectivity index is 2.00. The van der Waals surface area contributed by atoms with Crippen molar-refractivity contribution in [3.63, 3.8) is 0 Å². The fraction of sp³-hybridized carbons (Fsp3) is 0.533. The third-order valence-electron chi connectivity index (χ3n) is 3.26. The van der Waals surface area contributed by atoms with Crippen molar-refractivity contribution in [2.24, 2.45) is 0 Å². The van der Waals surface area contributed by atoms with E-state index in [1.54, 1.807) is 13.0 Å². The molecule has 1 aliphatic rings. The lowest BCUT2D eigenvalue weighted by molar-refractivity contribution is -0.122. The Morgan fingerprint density at radius 2 is 2.13 bits per heavy atom. The van der Waals surface area contributed by atoms with E-state index in [0.29, 0.717) is 24.5 Å². The van der Waals surface area contributed by atoms with Crippen LogP contribution < -0.4 is 14.8 Å². The highest BCUT2D eigenvalue weighted by molar-refractivity contribution is 7.89. The predicted molar refractivity (Wildman–Crippen MR) is 86.1 cm³/mol. The third-order valence-corrected chi connectivity index (χ3v) is 4.72. The first-order valence-corrected chi connectivity index (χ1v) is 9.01. The van der Waals surface area contributed by atoms with Gasteiger partial charge in [-0.25, -0.2) is 13.1 Å². The van der Waals surface area contributed by atoms with Gasteiger partial charge in [-0.3, -0.25) is 4.79 Å². The first-order valence-electron chi connectivity index (χ1n) is 7.52. The average Bonchev–Trinajstić information content (AvgIpc) is 2.47. The van der Waals surface area contributed by atoms with E-state index in [0.717, 1.165) is 0 Å². The summed E-state index contributed by atoms with van der Waals surface area (Å²) in [7, 11) is -3.64. The largest absolute Gasteiger partial charge is 0.479 e. The molecule has 0 spiro atoms. The number of hydrogen-bond acceptors (Lipinski definition) is 5. The number of amides is 1. The maximum absolute atomic E-state index is 12.3. The Morgan fingerprint density at radius 3 is 2.83 bits per heavy atom. The Bertz CT molecular complexity index is 672. The number of hydrogen-bond donors (Lipinski definition) is 2. The molecule has 0 fully saturated rings. The summed E-state index contributed by atoms with van der Waals surface area (Å²) in [5.41, 5.74) is 0.360. The maximum Gasteiger partial charge on any atom is 0.265 e. The van der Waals surface area contributed by atoms with Crippen LogP contribution in [0.3, 0.4) is 0 Å². The summed E-state index contributed by atoms with van der Waals surface area (Å²) in [5, 5.41) is 2.63. The van der Waals surface area contributed by atoms with Gasteiger partial charge in [-0.1, -0.05) is 0 Å². The van der Waals surface area contributed by atoms with Gasteiger partial charge in [0.15, 0.2) is 6.10 Å². The zero-order valence-electron chi connectivity index (χ0n) is 13.5. The maximum atomic E-state index is 12.3. The molecule has 1 aromatic rings. The van der Waals surface area contributed by atoms with Crippen LogP contribution in [0.5, 0.6) is 5.75 Å². The molecule has 1 amide bonds. The summed E-state index contributed by atoms with van der Waals surface area (Å²) >= 11 is 0. The van der Waals surface area contributed by atoms with Gasteiger partial charge in [-0.05, 0) is 45.4 Å². The second-order valence-corrected chi connectivity index (χ2v) is 7.35. The second kappa shape index (κ2) is 7.29.